The van der Waals surface area contributed by atoms with Gasteiger partial charge in [0.05, 0.1) is 4.90 Å². The molecule has 0 spiro atoms. The summed E-state index contributed by atoms with van der Waals surface area (Å²) < 4.78 is 27.0. The van der Waals surface area contributed by atoms with Crippen molar-refractivity contribution in [1.29, 1.82) is 0 Å². The van der Waals surface area contributed by atoms with Gasteiger partial charge in [-0.25, -0.2) is 8.42 Å². The van der Waals surface area contributed by atoms with Gasteiger partial charge < -0.3 is 5.73 Å². The van der Waals surface area contributed by atoms with Crippen LogP contribution >= 0.6 is 0 Å². The van der Waals surface area contributed by atoms with E-state index in [0.717, 1.165) is 25.7 Å². The topological polar surface area (TPSA) is 63.4 Å². The zero-order valence-electron chi connectivity index (χ0n) is 12.5. The van der Waals surface area contributed by atoms with Crippen molar-refractivity contribution in [3.63, 3.8) is 0 Å². The van der Waals surface area contributed by atoms with E-state index in [4.69, 9.17) is 5.73 Å². The number of aryl methyl sites for hydroxylation is 1. The average Bonchev–Trinajstić information content (AvgIpc) is 2.38. The van der Waals surface area contributed by atoms with Crippen LogP contribution < -0.4 is 5.73 Å². The van der Waals surface area contributed by atoms with Gasteiger partial charge in [-0.1, -0.05) is 6.92 Å². The highest BCUT2D eigenvalue weighted by Crippen LogP contribution is 2.30. The lowest BCUT2D eigenvalue weighted by Crippen LogP contribution is -2.39. The first-order valence-electron chi connectivity index (χ1n) is 7.16. The Morgan fingerprint density at radius 3 is 2.35 bits per heavy atom. The van der Waals surface area contributed by atoms with Crippen LogP contribution in [0.4, 0.5) is 5.69 Å². The average molecular weight is 296 g/mol. The van der Waals surface area contributed by atoms with Crippen molar-refractivity contribution >= 4 is 15.7 Å². The van der Waals surface area contributed by atoms with Crippen LogP contribution in [0.5, 0.6) is 0 Å². The van der Waals surface area contributed by atoms with E-state index in [0.29, 0.717) is 22.1 Å². The quantitative estimate of drug-likeness (QED) is 0.872. The van der Waals surface area contributed by atoms with Crippen LogP contribution in [-0.4, -0.2) is 25.8 Å². The van der Waals surface area contributed by atoms with Gasteiger partial charge in [-0.2, -0.15) is 4.31 Å². The molecule has 0 unspecified atom stereocenters. The van der Waals surface area contributed by atoms with Crippen molar-refractivity contribution in [3.8, 4) is 0 Å². The van der Waals surface area contributed by atoms with E-state index in [1.807, 2.05) is 0 Å². The summed E-state index contributed by atoms with van der Waals surface area (Å²) in [5, 5.41) is 0. The van der Waals surface area contributed by atoms with Gasteiger partial charge in [0.1, 0.15) is 0 Å². The van der Waals surface area contributed by atoms with Gasteiger partial charge in [-0.05, 0) is 62.3 Å². The second-order valence-electron chi connectivity index (χ2n) is 5.96. The van der Waals surface area contributed by atoms with Crippen molar-refractivity contribution in [3.05, 3.63) is 23.8 Å². The molecule has 4 nitrogen and oxygen atoms in total. The van der Waals surface area contributed by atoms with Crippen molar-refractivity contribution in [1.82, 2.24) is 4.31 Å². The molecule has 20 heavy (non-hydrogen) atoms. The summed E-state index contributed by atoms with van der Waals surface area (Å²) in [4.78, 5) is 0.368. The van der Waals surface area contributed by atoms with Crippen molar-refractivity contribution in [2.45, 2.75) is 50.5 Å². The highest BCUT2D eigenvalue weighted by molar-refractivity contribution is 7.89. The zero-order valence-corrected chi connectivity index (χ0v) is 13.3. The molecule has 0 radical (unpaired) electrons. The first-order chi connectivity index (χ1) is 9.32. The SMILES string of the molecule is Cc1cc(N)ccc1S(=O)(=O)N(C)C1CCC(C)CC1. The van der Waals surface area contributed by atoms with E-state index in [2.05, 4.69) is 6.92 Å². The number of rotatable bonds is 3. The molecule has 1 aliphatic carbocycles. The number of nitrogens with zero attached hydrogens (tertiary/aromatic N) is 1. The Balaban J connectivity index is 2.25. The third-order valence-electron chi connectivity index (χ3n) is 4.36. The molecular formula is C15H24N2O2S. The molecule has 1 aromatic rings. The number of anilines is 1. The standard InChI is InChI=1S/C15H24N2O2S/c1-11-4-7-14(8-5-11)17(3)20(18,19)15-9-6-13(16)10-12(15)2/h6,9-11,14H,4-5,7-8,16H2,1-3H3. The predicted octanol–water partition coefficient (Wildman–Crippen LogP) is 2.78. The van der Waals surface area contributed by atoms with Crippen LogP contribution in [0.2, 0.25) is 0 Å². The van der Waals surface area contributed by atoms with Gasteiger partial charge >= 0.3 is 0 Å². The molecule has 1 aliphatic rings. The van der Waals surface area contributed by atoms with E-state index in [1.54, 1.807) is 36.5 Å². The summed E-state index contributed by atoms with van der Waals surface area (Å²) in [7, 11) is -1.73. The molecule has 1 fully saturated rings. The maximum absolute atomic E-state index is 12.7. The minimum Gasteiger partial charge on any atom is -0.399 e. The van der Waals surface area contributed by atoms with E-state index < -0.39 is 10.0 Å². The second-order valence-corrected chi connectivity index (χ2v) is 7.93. The van der Waals surface area contributed by atoms with Gasteiger partial charge in [0.2, 0.25) is 10.0 Å². The Morgan fingerprint density at radius 2 is 1.80 bits per heavy atom. The van der Waals surface area contributed by atoms with Crippen molar-refractivity contribution < 1.29 is 8.42 Å². The lowest BCUT2D eigenvalue weighted by Gasteiger charge is -2.33. The maximum Gasteiger partial charge on any atom is 0.243 e. The summed E-state index contributed by atoms with van der Waals surface area (Å²) in [5.74, 6) is 0.709. The normalized spacial score (nSPS) is 24.0. The summed E-state index contributed by atoms with van der Waals surface area (Å²) >= 11 is 0. The molecule has 0 bridgehead atoms. The van der Waals surface area contributed by atoms with Crippen molar-refractivity contribution in [2.75, 3.05) is 12.8 Å². The molecule has 2 N–H and O–H groups in total. The van der Waals surface area contributed by atoms with Gasteiger partial charge in [0.25, 0.3) is 0 Å². The maximum atomic E-state index is 12.7. The summed E-state index contributed by atoms with van der Waals surface area (Å²) in [5.41, 5.74) is 7.00. The molecule has 0 atom stereocenters. The van der Waals surface area contributed by atoms with Crippen LogP contribution in [0.3, 0.4) is 0 Å². The molecule has 0 aliphatic heterocycles. The first-order valence-corrected chi connectivity index (χ1v) is 8.60. The second kappa shape index (κ2) is 5.74. The van der Waals surface area contributed by atoms with Gasteiger partial charge in [0.15, 0.2) is 0 Å². The smallest absolute Gasteiger partial charge is 0.243 e. The van der Waals surface area contributed by atoms with E-state index in [-0.39, 0.29) is 6.04 Å². The predicted molar refractivity (Wildman–Crippen MR) is 82.0 cm³/mol. The largest absolute Gasteiger partial charge is 0.399 e. The molecular weight excluding hydrogens is 272 g/mol. The first kappa shape index (κ1) is 15.3. The molecule has 1 saturated carbocycles. The molecule has 0 amide bonds. The summed E-state index contributed by atoms with van der Waals surface area (Å²) in [6, 6.07) is 5.09. The minimum absolute atomic E-state index is 0.119. The van der Waals surface area contributed by atoms with Crippen LogP contribution in [0, 0.1) is 12.8 Å². The number of nitrogens with two attached hydrogens (primary N) is 1. The molecule has 0 saturated heterocycles. The number of nitrogen functional groups attached to an aromatic ring is 1. The number of sulfonamides is 1. The number of hydrogen-bond donors (Lipinski definition) is 1. The summed E-state index contributed by atoms with van der Waals surface area (Å²) in [6.45, 7) is 4.02. The molecule has 2 rings (SSSR count). The minimum atomic E-state index is -3.43. The third-order valence-corrected chi connectivity index (χ3v) is 6.43. The molecule has 0 aromatic heterocycles. The monoisotopic (exact) mass is 296 g/mol. The van der Waals surface area contributed by atoms with Gasteiger partial charge in [0, 0.05) is 18.8 Å². The van der Waals surface area contributed by atoms with Crippen LogP contribution in [0.1, 0.15) is 38.2 Å². The highest BCUT2D eigenvalue weighted by Gasteiger charge is 2.31. The Kier molecular flexibility index (Phi) is 4.39. The zero-order chi connectivity index (χ0) is 14.9. The highest BCUT2D eigenvalue weighted by atomic mass is 32.2. The fraction of sp³-hybridized carbons (Fsp3) is 0.600. The van der Waals surface area contributed by atoms with Gasteiger partial charge in [-0.15, -0.1) is 0 Å². The molecule has 1 aromatic carbocycles. The van der Waals surface area contributed by atoms with E-state index >= 15 is 0 Å². The third kappa shape index (κ3) is 2.99. The van der Waals surface area contributed by atoms with E-state index in [1.165, 1.54) is 0 Å². The Bertz CT molecular complexity index is 576. The lowest BCUT2D eigenvalue weighted by atomic mass is 9.87. The molecule has 0 heterocycles. The van der Waals surface area contributed by atoms with E-state index in [9.17, 15) is 8.42 Å². The fourth-order valence-corrected chi connectivity index (χ4v) is 4.54. The lowest BCUT2D eigenvalue weighted by molar-refractivity contribution is 0.246. The van der Waals surface area contributed by atoms with Crippen LogP contribution in [0.25, 0.3) is 0 Å². The summed E-state index contributed by atoms with van der Waals surface area (Å²) in [6.07, 6.45) is 4.10. The molecule has 112 valence electrons. The Morgan fingerprint density at radius 1 is 1.20 bits per heavy atom. The van der Waals surface area contributed by atoms with Gasteiger partial charge in [-0.3, -0.25) is 0 Å². The number of hydrogen-bond acceptors (Lipinski definition) is 3. The Labute approximate surface area is 122 Å². The van der Waals surface area contributed by atoms with Crippen LogP contribution in [-0.2, 0) is 10.0 Å². The Hall–Kier alpha value is -1.07. The van der Waals surface area contributed by atoms with Crippen molar-refractivity contribution in [2.24, 2.45) is 5.92 Å². The number of benzene rings is 1. The fourth-order valence-electron chi connectivity index (χ4n) is 2.92. The molecule has 5 heteroatoms. The van der Waals surface area contributed by atoms with Crippen LogP contribution in [0.15, 0.2) is 23.1 Å².